The second-order valence-corrected chi connectivity index (χ2v) is 7.54. The Labute approximate surface area is 133 Å². The van der Waals surface area contributed by atoms with Gasteiger partial charge < -0.3 is 4.98 Å². The molecular formula is C15H16FN3O3S. The van der Waals surface area contributed by atoms with Crippen LogP contribution in [0.25, 0.3) is 0 Å². The first-order chi connectivity index (χ1) is 10.8. The highest BCUT2D eigenvalue weighted by molar-refractivity contribution is 7.88. The highest BCUT2D eigenvalue weighted by atomic mass is 32.2. The van der Waals surface area contributed by atoms with Crippen molar-refractivity contribution in [3.63, 3.8) is 0 Å². The summed E-state index contributed by atoms with van der Waals surface area (Å²) in [5.74, 6) is 0.0303. The average molecular weight is 337 g/mol. The van der Waals surface area contributed by atoms with Gasteiger partial charge in [-0.3, -0.25) is 4.79 Å². The molecule has 1 aliphatic heterocycles. The zero-order valence-electron chi connectivity index (χ0n) is 12.5. The van der Waals surface area contributed by atoms with Crippen LogP contribution >= 0.6 is 0 Å². The van der Waals surface area contributed by atoms with Crippen LogP contribution in [0.15, 0.2) is 29.1 Å². The SMILES string of the molecule is CS(=O)(=O)N1CCc2nc(Cc3ccccc3F)[nH]c(=O)c2C1. The molecule has 1 aromatic heterocycles. The highest BCUT2D eigenvalue weighted by Crippen LogP contribution is 2.17. The van der Waals surface area contributed by atoms with E-state index in [1.165, 1.54) is 10.4 Å². The molecule has 0 aliphatic carbocycles. The van der Waals surface area contributed by atoms with Crippen molar-refractivity contribution in [2.24, 2.45) is 0 Å². The highest BCUT2D eigenvalue weighted by Gasteiger charge is 2.26. The molecular weight excluding hydrogens is 321 g/mol. The Morgan fingerprint density at radius 2 is 2.09 bits per heavy atom. The van der Waals surface area contributed by atoms with E-state index in [1.54, 1.807) is 18.2 Å². The van der Waals surface area contributed by atoms with Gasteiger partial charge in [0, 0.05) is 25.9 Å². The Balaban J connectivity index is 1.92. The monoisotopic (exact) mass is 337 g/mol. The quantitative estimate of drug-likeness (QED) is 0.899. The van der Waals surface area contributed by atoms with E-state index in [4.69, 9.17) is 0 Å². The molecule has 0 amide bonds. The fourth-order valence-electron chi connectivity index (χ4n) is 2.64. The van der Waals surface area contributed by atoms with E-state index in [9.17, 15) is 17.6 Å². The molecule has 6 nitrogen and oxygen atoms in total. The van der Waals surface area contributed by atoms with Crippen LogP contribution in [0, 0.1) is 5.82 Å². The first kappa shape index (κ1) is 15.8. The van der Waals surface area contributed by atoms with Gasteiger partial charge in [-0.2, -0.15) is 4.31 Å². The van der Waals surface area contributed by atoms with Crippen molar-refractivity contribution in [1.29, 1.82) is 0 Å². The van der Waals surface area contributed by atoms with E-state index in [1.807, 2.05) is 0 Å². The summed E-state index contributed by atoms with van der Waals surface area (Å²) >= 11 is 0. The summed E-state index contributed by atoms with van der Waals surface area (Å²) in [6.45, 7) is 0.317. The molecule has 0 radical (unpaired) electrons. The van der Waals surface area contributed by atoms with Crippen molar-refractivity contribution >= 4 is 10.0 Å². The maximum Gasteiger partial charge on any atom is 0.255 e. The minimum absolute atomic E-state index is 0.0243. The molecule has 0 unspecified atom stereocenters. The molecule has 3 rings (SSSR count). The maximum atomic E-state index is 13.7. The van der Waals surface area contributed by atoms with Crippen LogP contribution in [0.1, 0.15) is 22.6 Å². The molecule has 23 heavy (non-hydrogen) atoms. The van der Waals surface area contributed by atoms with Gasteiger partial charge in [-0.25, -0.2) is 17.8 Å². The van der Waals surface area contributed by atoms with E-state index in [2.05, 4.69) is 9.97 Å². The molecule has 8 heteroatoms. The molecule has 0 spiro atoms. The summed E-state index contributed by atoms with van der Waals surface area (Å²) in [4.78, 5) is 19.2. The lowest BCUT2D eigenvalue weighted by molar-refractivity contribution is 0.388. The molecule has 2 heterocycles. The van der Waals surface area contributed by atoms with Crippen LogP contribution in [-0.2, 0) is 29.4 Å². The van der Waals surface area contributed by atoms with E-state index in [-0.39, 0.29) is 24.3 Å². The van der Waals surface area contributed by atoms with Crippen LogP contribution in [0.2, 0.25) is 0 Å². The number of nitrogens with one attached hydrogen (secondary N) is 1. The molecule has 1 N–H and O–H groups in total. The zero-order valence-corrected chi connectivity index (χ0v) is 13.4. The van der Waals surface area contributed by atoms with Gasteiger partial charge in [0.2, 0.25) is 10.0 Å². The van der Waals surface area contributed by atoms with Crippen LogP contribution < -0.4 is 5.56 Å². The molecule has 2 aromatic rings. The smallest absolute Gasteiger partial charge is 0.255 e. The molecule has 122 valence electrons. The van der Waals surface area contributed by atoms with Crippen molar-refractivity contribution in [1.82, 2.24) is 14.3 Å². The number of sulfonamides is 1. The first-order valence-electron chi connectivity index (χ1n) is 7.14. The molecule has 0 fully saturated rings. The summed E-state index contributed by atoms with van der Waals surface area (Å²) in [5.41, 5.74) is 1.03. The van der Waals surface area contributed by atoms with Gasteiger partial charge >= 0.3 is 0 Å². The van der Waals surface area contributed by atoms with E-state index < -0.39 is 10.0 Å². The molecule has 0 saturated carbocycles. The summed E-state index contributed by atoms with van der Waals surface area (Å²) in [6, 6.07) is 6.32. The third-order valence-electron chi connectivity index (χ3n) is 3.87. The topological polar surface area (TPSA) is 83.1 Å². The number of aromatic amines is 1. The minimum Gasteiger partial charge on any atom is -0.310 e. The van der Waals surface area contributed by atoms with Crippen molar-refractivity contribution in [2.45, 2.75) is 19.4 Å². The average Bonchev–Trinajstić information content (AvgIpc) is 2.48. The number of fused-ring (bicyclic) bond motifs is 1. The van der Waals surface area contributed by atoms with E-state index >= 15 is 0 Å². The van der Waals surface area contributed by atoms with Crippen LogP contribution in [0.4, 0.5) is 4.39 Å². The molecule has 0 atom stereocenters. The standard InChI is InChI=1S/C15H16FN3O3S/c1-23(21,22)19-7-6-13-11(9-19)15(20)18-14(17-13)8-10-4-2-3-5-12(10)16/h2-5H,6-9H2,1H3,(H,17,18,20). The van der Waals surface area contributed by atoms with E-state index in [0.29, 0.717) is 35.6 Å². The van der Waals surface area contributed by atoms with Crippen LogP contribution in [0.5, 0.6) is 0 Å². The second-order valence-electron chi connectivity index (χ2n) is 5.55. The summed E-state index contributed by atoms with van der Waals surface area (Å²) in [7, 11) is -3.35. The lowest BCUT2D eigenvalue weighted by Crippen LogP contribution is -2.39. The lowest BCUT2D eigenvalue weighted by atomic mass is 10.1. The normalized spacial score (nSPS) is 15.4. The third-order valence-corrected chi connectivity index (χ3v) is 5.12. The predicted molar refractivity (Wildman–Crippen MR) is 83.0 cm³/mol. The largest absolute Gasteiger partial charge is 0.310 e. The molecule has 0 saturated heterocycles. The number of aromatic nitrogens is 2. The number of nitrogens with zero attached hydrogens (tertiary/aromatic N) is 2. The van der Waals surface area contributed by atoms with Gasteiger partial charge in [-0.1, -0.05) is 18.2 Å². The Hall–Kier alpha value is -2.06. The van der Waals surface area contributed by atoms with Crippen molar-refractivity contribution in [3.05, 3.63) is 63.1 Å². The number of hydrogen-bond donors (Lipinski definition) is 1. The number of rotatable bonds is 3. The Kier molecular flexibility index (Phi) is 4.03. The minimum atomic E-state index is -3.35. The van der Waals surface area contributed by atoms with Crippen molar-refractivity contribution < 1.29 is 12.8 Å². The van der Waals surface area contributed by atoms with Gasteiger partial charge in [-0.05, 0) is 11.6 Å². The molecule has 1 aliphatic rings. The van der Waals surface area contributed by atoms with Gasteiger partial charge in [0.05, 0.1) is 17.5 Å². The van der Waals surface area contributed by atoms with Gasteiger partial charge in [0.1, 0.15) is 11.6 Å². The molecule has 1 aromatic carbocycles. The molecule has 0 bridgehead atoms. The number of halogens is 1. The summed E-state index contributed by atoms with van der Waals surface area (Å²) < 4.78 is 38.2. The van der Waals surface area contributed by atoms with Crippen LogP contribution in [-0.4, -0.2) is 35.5 Å². The Morgan fingerprint density at radius 1 is 1.35 bits per heavy atom. The van der Waals surface area contributed by atoms with Crippen molar-refractivity contribution in [2.75, 3.05) is 12.8 Å². The van der Waals surface area contributed by atoms with Gasteiger partial charge in [0.25, 0.3) is 5.56 Å². The predicted octanol–water partition coefficient (Wildman–Crippen LogP) is 0.817. The fraction of sp³-hybridized carbons (Fsp3) is 0.333. The Morgan fingerprint density at radius 3 is 2.78 bits per heavy atom. The lowest BCUT2D eigenvalue weighted by Gasteiger charge is -2.25. The number of benzene rings is 1. The Bertz CT molecular complexity index is 908. The van der Waals surface area contributed by atoms with Gasteiger partial charge in [0.15, 0.2) is 0 Å². The summed E-state index contributed by atoms with van der Waals surface area (Å²) in [6.07, 6.45) is 1.67. The number of hydrogen-bond acceptors (Lipinski definition) is 4. The number of H-pyrrole nitrogens is 1. The van der Waals surface area contributed by atoms with Crippen LogP contribution in [0.3, 0.4) is 0 Å². The summed E-state index contributed by atoms with van der Waals surface area (Å²) in [5, 5.41) is 0. The maximum absolute atomic E-state index is 13.7. The van der Waals surface area contributed by atoms with Gasteiger partial charge in [-0.15, -0.1) is 0 Å². The van der Waals surface area contributed by atoms with Crippen molar-refractivity contribution in [3.8, 4) is 0 Å². The zero-order chi connectivity index (χ0) is 16.6. The van der Waals surface area contributed by atoms with E-state index in [0.717, 1.165) is 6.26 Å². The second kappa shape index (κ2) is 5.86. The fourth-order valence-corrected chi connectivity index (χ4v) is 3.43. The first-order valence-corrected chi connectivity index (χ1v) is 8.99. The third kappa shape index (κ3) is 3.32.